The summed E-state index contributed by atoms with van der Waals surface area (Å²) in [5.74, 6) is 1.10. The Bertz CT molecular complexity index is 1390. The molecule has 0 radical (unpaired) electrons. The van der Waals surface area contributed by atoms with Gasteiger partial charge in [-0.2, -0.15) is 0 Å². The van der Waals surface area contributed by atoms with Crippen LogP contribution in [0.4, 0.5) is 0 Å². The van der Waals surface area contributed by atoms with Gasteiger partial charge in [0.25, 0.3) is 0 Å². The van der Waals surface area contributed by atoms with Crippen LogP contribution in [0.25, 0.3) is 0 Å². The van der Waals surface area contributed by atoms with Gasteiger partial charge in [-0.1, -0.05) is 111 Å². The van der Waals surface area contributed by atoms with Crippen molar-refractivity contribution in [3.63, 3.8) is 0 Å². The van der Waals surface area contributed by atoms with Crippen LogP contribution < -0.4 is 0 Å². The number of fused-ring (bicyclic) bond motifs is 2. The third-order valence-corrected chi connectivity index (χ3v) is 11.9. The van der Waals surface area contributed by atoms with Gasteiger partial charge in [0.05, 0.1) is 31.1 Å². The van der Waals surface area contributed by atoms with Crippen LogP contribution in [0.2, 0.25) is 10.0 Å². The summed E-state index contributed by atoms with van der Waals surface area (Å²) >= 11 is 16.2. The van der Waals surface area contributed by atoms with E-state index in [1.165, 1.54) is 22.4 Å². The van der Waals surface area contributed by atoms with Crippen molar-refractivity contribution >= 4 is 44.8 Å². The van der Waals surface area contributed by atoms with Crippen LogP contribution in [-0.2, 0) is 37.3 Å². The van der Waals surface area contributed by atoms with Gasteiger partial charge in [0.15, 0.2) is 0 Å². The quantitative estimate of drug-likeness (QED) is 0.280. The van der Waals surface area contributed by atoms with E-state index in [1.807, 2.05) is 19.2 Å². The van der Waals surface area contributed by atoms with Crippen LogP contribution in [0.5, 0.6) is 0 Å². The average Bonchev–Trinajstić information content (AvgIpc) is 3.70. The standard InChI is InChI=1S/C21H31ClO2.C12H16BrCl.C8H13NO2.CH4/c1-20(2,3)9-7-15-5-6-16(12-19(15)22)21-10-8-18(23-4)11-17(21)13-24-14-21;1-12(2,3)7-6-9-4-5-10(13)8-11(9)14;1-10-7-2-3-8-6(4-7)5-11-9-8;/h5-6,12,17-18H,7-11,13-14H2,1-4H3;4-5,8H,6-7H2,1-3H3;6-7H,2-5H2,1H3;1H4. The van der Waals surface area contributed by atoms with Crippen molar-refractivity contribution in [3.05, 3.63) is 67.6 Å². The number of hydrogen-bond donors (Lipinski definition) is 0. The van der Waals surface area contributed by atoms with E-state index in [4.69, 9.17) is 42.3 Å². The molecule has 2 aromatic carbocycles. The fourth-order valence-corrected chi connectivity index (χ4v) is 8.40. The van der Waals surface area contributed by atoms with Crippen molar-refractivity contribution in [2.75, 3.05) is 34.0 Å². The zero-order valence-electron chi connectivity index (χ0n) is 31.2. The lowest BCUT2D eigenvalue weighted by atomic mass is 9.63. The number of aryl methyl sites for hydroxylation is 2. The zero-order chi connectivity index (χ0) is 35.8. The summed E-state index contributed by atoms with van der Waals surface area (Å²) in [5.41, 5.74) is 5.97. The van der Waals surface area contributed by atoms with Gasteiger partial charge in [-0.05, 0) is 116 Å². The summed E-state index contributed by atoms with van der Waals surface area (Å²) < 4.78 is 17.8. The number of benzene rings is 2. The van der Waals surface area contributed by atoms with E-state index in [-0.39, 0.29) is 12.8 Å². The molecular formula is C42H64BrCl2NO4. The Labute approximate surface area is 322 Å². The lowest BCUT2D eigenvalue weighted by Gasteiger charge is -2.41. The second-order valence-electron chi connectivity index (χ2n) is 16.9. The largest absolute Gasteiger partial charge is 0.395 e. The first-order valence-corrected chi connectivity index (χ1v) is 19.7. The Hall–Kier alpha value is -1.15. The molecule has 0 amide bonds. The van der Waals surface area contributed by atoms with E-state index >= 15 is 0 Å². The summed E-state index contributed by atoms with van der Waals surface area (Å²) in [5, 5.41) is 5.77. The Morgan fingerprint density at radius 2 is 1.44 bits per heavy atom. The van der Waals surface area contributed by atoms with Crippen molar-refractivity contribution in [3.8, 4) is 0 Å². The molecule has 5 unspecified atom stereocenters. The minimum absolute atomic E-state index is 0. The molecule has 2 heterocycles. The Morgan fingerprint density at radius 1 is 0.840 bits per heavy atom. The lowest BCUT2D eigenvalue weighted by molar-refractivity contribution is 0.0307. The van der Waals surface area contributed by atoms with Crippen molar-refractivity contribution in [1.82, 2.24) is 0 Å². The monoisotopic (exact) mass is 795 g/mol. The lowest BCUT2D eigenvalue weighted by Crippen LogP contribution is -2.41. The molecular weight excluding hydrogens is 733 g/mol. The number of halogens is 3. The molecule has 0 aromatic heterocycles. The fourth-order valence-electron chi connectivity index (χ4n) is 7.36. The molecule has 2 saturated carbocycles. The molecule has 3 fully saturated rings. The van der Waals surface area contributed by atoms with Crippen molar-refractivity contribution in [2.45, 2.75) is 131 Å². The van der Waals surface area contributed by atoms with E-state index in [2.05, 4.69) is 86.9 Å². The molecule has 4 aliphatic rings. The molecule has 50 heavy (non-hydrogen) atoms. The molecule has 1 saturated heterocycles. The maximum absolute atomic E-state index is 6.65. The molecule has 5 atom stereocenters. The van der Waals surface area contributed by atoms with Gasteiger partial charge in [0, 0.05) is 40.1 Å². The van der Waals surface area contributed by atoms with Crippen molar-refractivity contribution in [1.29, 1.82) is 0 Å². The Balaban J connectivity index is 0.000000221. The SMILES string of the molecule is C.CC(C)(C)CCc1ccc(Br)cc1Cl.COC1CCC2(c3ccc(CCC(C)(C)C)c(Cl)c3)COCC2C1.COC1CCC2=NOCC2C1. The fraction of sp³-hybridized carbons (Fsp3) is 0.690. The van der Waals surface area contributed by atoms with Gasteiger partial charge in [0.2, 0.25) is 0 Å². The van der Waals surface area contributed by atoms with Gasteiger partial charge in [-0.25, -0.2) is 0 Å². The Kier molecular flexibility index (Phi) is 16.7. The minimum Gasteiger partial charge on any atom is -0.395 e. The number of ether oxygens (including phenoxy) is 3. The normalized spacial score (nSPS) is 25.8. The molecule has 8 heteroatoms. The molecule has 6 rings (SSSR count). The molecule has 0 spiro atoms. The highest BCUT2D eigenvalue weighted by atomic mass is 79.9. The molecule has 2 aliphatic heterocycles. The summed E-state index contributed by atoms with van der Waals surface area (Å²) in [6.07, 6.45) is 11.8. The summed E-state index contributed by atoms with van der Waals surface area (Å²) in [6, 6.07) is 12.9. The molecule has 0 bridgehead atoms. The molecule has 0 N–H and O–H groups in total. The van der Waals surface area contributed by atoms with Crippen LogP contribution in [0.1, 0.15) is 117 Å². The summed E-state index contributed by atoms with van der Waals surface area (Å²) in [6.45, 7) is 16.0. The first kappa shape index (κ1) is 43.3. The number of oxime groups is 1. The first-order chi connectivity index (χ1) is 23.1. The smallest absolute Gasteiger partial charge is 0.125 e. The van der Waals surface area contributed by atoms with E-state index in [0.29, 0.717) is 34.9 Å². The van der Waals surface area contributed by atoms with E-state index in [0.717, 1.165) is 98.5 Å². The molecule has 2 aromatic rings. The highest BCUT2D eigenvalue weighted by Gasteiger charge is 2.49. The maximum Gasteiger partial charge on any atom is 0.125 e. The van der Waals surface area contributed by atoms with Crippen LogP contribution in [0.15, 0.2) is 46.0 Å². The Morgan fingerprint density at radius 3 is 2.02 bits per heavy atom. The number of rotatable bonds is 7. The second-order valence-corrected chi connectivity index (χ2v) is 18.6. The molecule has 282 valence electrons. The van der Waals surface area contributed by atoms with Gasteiger partial charge in [-0.15, -0.1) is 0 Å². The highest BCUT2D eigenvalue weighted by molar-refractivity contribution is 9.10. The third kappa shape index (κ3) is 12.5. The summed E-state index contributed by atoms with van der Waals surface area (Å²) in [7, 11) is 3.61. The van der Waals surface area contributed by atoms with Crippen LogP contribution in [0.3, 0.4) is 0 Å². The van der Waals surface area contributed by atoms with E-state index < -0.39 is 0 Å². The zero-order valence-corrected chi connectivity index (χ0v) is 34.3. The van der Waals surface area contributed by atoms with Crippen molar-refractivity contribution < 1.29 is 19.0 Å². The topological polar surface area (TPSA) is 49.3 Å². The number of nitrogens with zero attached hydrogens (tertiary/aromatic N) is 1. The average molecular weight is 798 g/mol. The maximum atomic E-state index is 6.65. The van der Waals surface area contributed by atoms with Gasteiger partial charge in [0.1, 0.15) is 6.61 Å². The van der Waals surface area contributed by atoms with Crippen molar-refractivity contribution in [2.24, 2.45) is 27.8 Å². The van der Waals surface area contributed by atoms with Gasteiger partial charge < -0.3 is 19.0 Å². The molecule has 5 nitrogen and oxygen atoms in total. The van der Waals surface area contributed by atoms with E-state index in [9.17, 15) is 0 Å². The summed E-state index contributed by atoms with van der Waals surface area (Å²) in [4.78, 5) is 5.02. The minimum atomic E-state index is 0. The predicted molar refractivity (Wildman–Crippen MR) is 215 cm³/mol. The van der Waals surface area contributed by atoms with Crippen LogP contribution in [-0.4, -0.2) is 52.0 Å². The highest BCUT2D eigenvalue weighted by Crippen LogP contribution is 2.49. The number of hydrogen-bond acceptors (Lipinski definition) is 5. The van der Waals surface area contributed by atoms with E-state index in [1.54, 1.807) is 7.11 Å². The molecule has 2 aliphatic carbocycles. The van der Waals surface area contributed by atoms with Crippen LogP contribution >= 0.6 is 39.1 Å². The second kappa shape index (κ2) is 19.3. The van der Waals surface area contributed by atoms with Crippen LogP contribution in [0, 0.1) is 22.7 Å². The first-order valence-electron chi connectivity index (χ1n) is 18.2. The predicted octanol–water partition coefficient (Wildman–Crippen LogP) is 12.3. The van der Waals surface area contributed by atoms with Gasteiger partial charge >= 0.3 is 0 Å². The number of methoxy groups -OCH3 is 2. The third-order valence-electron chi connectivity index (χ3n) is 10.7. The van der Waals surface area contributed by atoms with Gasteiger partial charge in [-0.3, -0.25) is 0 Å².